The van der Waals surface area contributed by atoms with Gasteiger partial charge in [0.15, 0.2) is 11.5 Å². The lowest BCUT2D eigenvalue weighted by atomic mass is 10.0. The quantitative estimate of drug-likeness (QED) is 0.793. The second kappa shape index (κ2) is 7.23. The molecule has 1 atom stereocenters. The highest BCUT2D eigenvalue weighted by Crippen LogP contribution is 2.42. The van der Waals surface area contributed by atoms with Crippen LogP contribution in [0.4, 0.5) is 0 Å². The molecule has 0 N–H and O–H groups in total. The molecule has 0 spiro atoms. The summed E-state index contributed by atoms with van der Waals surface area (Å²) in [5.41, 5.74) is 2.14. The van der Waals surface area contributed by atoms with Crippen molar-refractivity contribution in [2.75, 3.05) is 21.3 Å². The average Bonchev–Trinajstić information content (AvgIpc) is 2.66. The zero-order valence-electron chi connectivity index (χ0n) is 15.1. The van der Waals surface area contributed by atoms with Gasteiger partial charge in [-0.3, -0.25) is 0 Å². The summed E-state index contributed by atoms with van der Waals surface area (Å²) < 4.78 is 28.1. The number of fused-ring (bicyclic) bond motifs is 1. The number of benzene rings is 2. The molecule has 0 fully saturated rings. The molecule has 0 aliphatic carbocycles. The van der Waals surface area contributed by atoms with Crippen LogP contribution in [0.5, 0.6) is 23.0 Å². The van der Waals surface area contributed by atoms with Crippen molar-refractivity contribution < 1.29 is 23.7 Å². The van der Waals surface area contributed by atoms with E-state index in [9.17, 15) is 0 Å². The van der Waals surface area contributed by atoms with E-state index >= 15 is 0 Å². The number of hydrogen-bond donors (Lipinski definition) is 0. The van der Waals surface area contributed by atoms with Crippen LogP contribution in [0.3, 0.4) is 0 Å². The monoisotopic (exact) mass is 344 g/mol. The fraction of sp³-hybridized carbons (Fsp3) is 0.400. The van der Waals surface area contributed by atoms with Gasteiger partial charge in [0.1, 0.15) is 11.5 Å². The van der Waals surface area contributed by atoms with E-state index in [0.717, 1.165) is 35.7 Å². The van der Waals surface area contributed by atoms with Gasteiger partial charge < -0.3 is 23.7 Å². The van der Waals surface area contributed by atoms with Gasteiger partial charge in [0.2, 0.25) is 5.79 Å². The molecule has 0 radical (unpaired) electrons. The number of ether oxygens (including phenoxy) is 5. The van der Waals surface area contributed by atoms with E-state index in [0.29, 0.717) is 12.4 Å². The number of aryl methyl sites for hydroxylation is 1. The second-order valence-corrected chi connectivity index (χ2v) is 6.19. The van der Waals surface area contributed by atoms with Crippen LogP contribution in [0.1, 0.15) is 24.5 Å². The summed E-state index contributed by atoms with van der Waals surface area (Å²) in [5, 5.41) is 0. The first-order valence-electron chi connectivity index (χ1n) is 8.27. The maximum Gasteiger partial charge on any atom is 0.208 e. The zero-order valence-corrected chi connectivity index (χ0v) is 15.1. The summed E-state index contributed by atoms with van der Waals surface area (Å²) >= 11 is 0. The molecule has 1 unspecified atom stereocenters. The summed E-state index contributed by atoms with van der Waals surface area (Å²) in [6, 6.07) is 11.8. The van der Waals surface area contributed by atoms with E-state index in [-0.39, 0.29) is 0 Å². The third kappa shape index (κ3) is 3.82. The molecule has 0 bridgehead atoms. The summed E-state index contributed by atoms with van der Waals surface area (Å²) in [6.45, 7) is 2.42. The highest BCUT2D eigenvalue weighted by Gasteiger charge is 2.34. The van der Waals surface area contributed by atoms with Gasteiger partial charge >= 0.3 is 0 Å². The standard InChI is InChI=1S/C20H24O5/c1-20(10-9-14-5-7-16(21-2)8-6-14)24-13-15-11-17(22-3)12-18(23-4)19(15)25-20/h5-8,11-12H,9-10,13H2,1-4H3. The fourth-order valence-corrected chi connectivity index (χ4v) is 2.89. The van der Waals surface area contributed by atoms with E-state index < -0.39 is 5.79 Å². The minimum atomic E-state index is -0.700. The van der Waals surface area contributed by atoms with Crippen molar-refractivity contribution >= 4 is 0 Å². The van der Waals surface area contributed by atoms with Crippen molar-refractivity contribution in [3.8, 4) is 23.0 Å². The van der Waals surface area contributed by atoms with Crippen LogP contribution < -0.4 is 18.9 Å². The van der Waals surface area contributed by atoms with Crippen LogP contribution in [-0.4, -0.2) is 27.1 Å². The van der Waals surface area contributed by atoms with E-state index in [4.69, 9.17) is 23.7 Å². The molecule has 0 amide bonds. The Balaban J connectivity index is 1.73. The van der Waals surface area contributed by atoms with E-state index in [1.54, 1.807) is 21.3 Å². The van der Waals surface area contributed by atoms with Crippen LogP contribution in [0, 0.1) is 0 Å². The lowest BCUT2D eigenvalue weighted by Gasteiger charge is -2.36. The third-order valence-electron chi connectivity index (χ3n) is 4.44. The minimum Gasteiger partial charge on any atom is -0.497 e. The molecular formula is C20H24O5. The topological polar surface area (TPSA) is 46.2 Å². The molecule has 25 heavy (non-hydrogen) atoms. The first-order chi connectivity index (χ1) is 12.1. The van der Waals surface area contributed by atoms with Crippen LogP contribution in [0.2, 0.25) is 0 Å². The van der Waals surface area contributed by atoms with Gasteiger partial charge in [-0.1, -0.05) is 12.1 Å². The third-order valence-corrected chi connectivity index (χ3v) is 4.44. The number of hydrogen-bond acceptors (Lipinski definition) is 5. The number of methoxy groups -OCH3 is 3. The molecule has 1 aliphatic heterocycles. The van der Waals surface area contributed by atoms with E-state index in [1.807, 2.05) is 31.2 Å². The smallest absolute Gasteiger partial charge is 0.208 e. The van der Waals surface area contributed by atoms with Crippen LogP contribution in [0.25, 0.3) is 0 Å². The largest absolute Gasteiger partial charge is 0.497 e. The summed E-state index contributed by atoms with van der Waals surface area (Å²) in [7, 11) is 4.92. The Bertz CT molecular complexity index is 708. The summed E-state index contributed by atoms with van der Waals surface area (Å²) in [4.78, 5) is 0. The van der Waals surface area contributed by atoms with Crippen molar-refractivity contribution in [1.29, 1.82) is 0 Å². The number of rotatable bonds is 6. The summed E-state index contributed by atoms with van der Waals surface area (Å²) in [6.07, 6.45) is 1.57. The van der Waals surface area contributed by atoms with Crippen molar-refractivity contribution in [3.63, 3.8) is 0 Å². The van der Waals surface area contributed by atoms with Gasteiger partial charge in [0.25, 0.3) is 0 Å². The van der Waals surface area contributed by atoms with Gasteiger partial charge in [-0.15, -0.1) is 0 Å². The molecule has 3 rings (SSSR count). The molecule has 2 aromatic rings. The highest BCUT2D eigenvalue weighted by atomic mass is 16.7. The molecule has 1 aliphatic rings. The van der Waals surface area contributed by atoms with Gasteiger partial charge in [-0.25, -0.2) is 0 Å². The SMILES string of the molecule is COc1ccc(CCC2(C)OCc3cc(OC)cc(OC)c3O2)cc1. The van der Waals surface area contributed by atoms with Crippen LogP contribution >= 0.6 is 0 Å². The Morgan fingerprint density at radius 1 is 0.960 bits per heavy atom. The van der Waals surface area contributed by atoms with Gasteiger partial charge in [0.05, 0.1) is 27.9 Å². The fourth-order valence-electron chi connectivity index (χ4n) is 2.89. The Kier molecular flexibility index (Phi) is 5.04. The lowest BCUT2D eigenvalue weighted by molar-refractivity contribution is -0.197. The van der Waals surface area contributed by atoms with Gasteiger partial charge in [-0.05, 0) is 30.2 Å². The van der Waals surface area contributed by atoms with E-state index in [1.165, 1.54) is 5.56 Å². The zero-order chi connectivity index (χ0) is 17.9. The second-order valence-electron chi connectivity index (χ2n) is 6.19. The molecule has 0 aromatic heterocycles. The molecule has 5 nitrogen and oxygen atoms in total. The Morgan fingerprint density at radius 3 is 2.32 bits per heavy atom. The summed E-state index contributed by atoms with van der Waals surface area (Å²) in [5.74, 6) is 2.27. The molecule has 134 valence electrons. The van der Waals surface area contributed by atoms with Crippen LogP contribution in [0.15, 0.2) is 36.4 Å². The average molecular weight is 344 g/mol. The first kappa shape index (κ1) is 17.4. The molecule has 2 aromatic carbocycles. The lowest BCUT2D eigenvalue weighted by Crippen LogP contribution is -2.39. The van der Waals surface area contributed by atoms with Crippen LogP contribution in [-0.2, 0) is 17.8 Å². The Labute approximate surface area is 148 Å². The molecule has 5 heteroatoms. The van der Waals surface area contributed by atoms with Gasteiger partial charge in [-0.2, -0.15) is 0 Å². The minimum absolute atomic E-state index is 0.460. The Morgan fingerprint density at radius 2 is 1.68 bits per heavy atom. The normalized spacial score (nSPS) is 18.9. The van der Waals surface area contributed by atoms with Gasteiger partial charge in [0, 0.05) is 25.0 Å². The predicted molar refractivity (Wildman–Crippen MR) is 94.7 cm³/mol. The highest BCUT2D eigenvalue weighted by molar-refractivity contribution is 5.52. The van der Waals surface area contributed by atoms with Crippen molar-refractivity contribution in [3.05, 3.63) is 47.5 Å². The maximum absolute atomic E-state index is 6.18. The molecule has 1 heterocycles. The molecule has 0 saturated heterocycles. The van der Waals surface area contributed by atoms with Crippen molar-refractivity contribution in [1.82, 2.24) is 0 Å². The molecular weight excluding hydrogens is 320 g/mol. The Hall–Kier alpha value is -2.40. The first-order valence-corrected chi connectivity index (χ1v) is 8.27. The van der Waals surface area contributed by atoms with Crippen molar-refractivity contribution in [2.24, 2.45) is 0 Å². The predicted octanol–water partition coefficient (Wildman–Crippen LogP) is 3.97. The molecule has 0 saturated carbocycles. The van der Waals surface area contributed by atoms with Crippen molar-refractivity contribution in [2.45, 2.75) is 32.2 Å². The maximum atomic E-state index is 6.18. The van der Waals surface area contributed by atoms with E-state index in [2.05, 4.69) is 12.1 Å².